The zero-order valence-electron chi connectivity index (χ0n) is 4.80. The van der Waals surface area contributed by atoms with E-state index in [0.29, 0.717) is 6.54 Å². The summed E-state index contributed by atoms with van der Waals surface area (Å²) in [6, 6.07) is 0. The maximum absolute atomic E-state index is 5.32. The van der Waals surface area contributed by atoms with Crippen LogP contribution in [0.1, 0.15) is 5.01 Å². The highest BCUT2D eigenvalue weighted by Crippen LogP contribution is 2.18. The van der Waals surface area contributed by atoms with Crippen LogP contribution in [-0.4, -0.2) is 11.5 Å². The van der Waals surface area contributed by atoms with Gasteiger partial charge in [-0.1, -0.05) is 0 Å². The molecule has 1 heterocycles. The number of hydrogen-bond acceptors (Lipinski definition) is 3. The summed E-state index contributed by atoms with van der Waals surface area (Å²) in [4.78, 5) is 4.10. The van der Waals surface area contributed by atoms with Crippen molar-refractivity contribution in [1.82, 2.24) is 4.98 Å². The van der Waals surface area contributed by atoms with Crippen LogP contribution >= 0.6 is 27.3 Å². The highest BCUT2D eigenvalue weighted by atomic mass is 79.9. The first kappa shape index (κ1) is 7.18. The third-order valence-corrected chi connectivity index (χ3v) is 2.42. The molecule has 50 valence electrons. The molecule has 0 radical (unpaired) electrons. The van der Waals surface area contributed by atoms with Gasteiger partial charge in [-0.25, -0.2) is 4.98 Å². The van der Waals surface area contributed by atoms with Gasteiger partial charge in [0.2, 0.25) is 0 Å². The Balaban J connectivity index is 2.61. The largest absolute Gasteiger partial charge is 0.330 e. The molecule has 0 amide bonds. The lowest BCUT2D eigenvalue weighted by Crippen LogP contribution is -2.01. The molecule has 0 saturated heterocycles. The molecule has 2 N–H and O–H groups in total. The monoisotopic (exact) mass is 206 g/mol. The minimum absolute atomic E-state index is 0.681. The first-order valence-electron chi connectivity index (χ1n) is 2.63. The van der Waals surface area contributed by atoms with Crippen molar-refractivity contribution in [2.45, 2.75) is 6.42 Å². The van der Waals surface area contributed by atoms with Crippen molar-refractivity contribution in [1.29, 1.82) is 0 Å². The van der Waals surface area contributed by atoms with Crippen molar-refractivity contribution >= 4 is 27.3 Å². The van der Waals surface area contributed by atoms with Crippen LogP contribution in [0.3, 0.4) is 0 Å². The fourth-order valence-electron chi connectivity index (χ4n) is 0.527. The summed E-state index contributed by atoms with van der Waals surface area (Å²) < 4.78 is 1.07. The normalized spacial score (nSPS) is 10.0. The van der Waals surface area contributed by atoms with Crippen LogP contribution in [0.4, 0.5) is 0 Å². The van der Waals surface area contributed by atoms with Gasteiger partial charge in [-0.15, -0.1) is 11.3 Å². The Morgan fingerprint density at radius 1 is 1.78 bits per heavy atom. The molecule has 0 aliphatic heterocycles. The van der Waals surface area contributed by atoms with E-state index in [-0.39, 0.29) is 0 Å². The summed E-state index contributed by atoms with van der Waals surface area (Å²) in [6.07, 6.45) is 2.69. The molecule has 9 heavy (non-hydrogen) atoms. The van der Waals surface area contributed by atoms with Crippen molar-refractivity contribution < 1.29 is 0 Å². The van der Waals surface area contributed by atoms with Crippen molar-refractivity contribution in [3.05, 3.63) is 15.0 Å². The number of thiazole rings is 1. The molecule has 1 aromatic rings. The van der Waals surface area contributed by atoms with E-state index in [1.807, 2.05) is 0 Å². The molecule has 0 aliphatic rings. The van der Waals surface area contributed by atoms with Gasteiger partial charge >= 0.3 is 0 Å². The van der Waals surface area contributed by atoms with Crippen LogP contribution in [0.15, 0.2) is 9.98 Å². The fraction of sp³-hybridized carbons (Fsp3) is 0.400. The van der Waals surface area contributed by atoms with Crippen molar-refractivity contribution in [2.24, 2.45) is 5.73 Å². The Bertz CT molecular complexity index is 187. The van der Waals surface area contributed by atoms with Crippen molar-refractivity contribution in [3.63, 3.8) is 0 Å². The number of aromatic nitrogens is 1. The van der Waals surface area contributed by atoms with Crippen molar-refractivity contribution in [2.75, 3.05) is 6.54 Å². The summed E-state index contributed by atoms with van der Waals surface area (Å²) in [5.74, 6) is 0. The molecule has 1 aromatic heterocycles. The van der Waals surface area contributed by atoms with Crippen LogP contribution < -0.4 is 5.73 Å². The zero-order valence-corrected chi connectivity index (χ0v) is 7.20. The molecule has 0 saturated carbocycles. The van der Waals surface area contributed by atoms with Crippen LogP contribution in [0.25, 0.3) is 0 Å². The van der Waals surface area contributed by atoms with E-state index in [2.05, 4.69) is 20.9 Å². The Hall–Kier alpha value is 0.0700. The van der Waals surface area contributed by atoms with Gasteiger partial charge in [0.15, 0.2) is 0 Å². The first-order valence-corrected chi connectivity index (χ1v) is 4.24. The maximum Gasteiger partial charge on any atom is 0.0949 e. The average Bonchev–Trinajstić information content (AvgIpc) is 2.17. The molecular weight excluding hydrogens is 200 g/mol. The predicted molar refractivity (Wildman–Crippen MR) is 42.6 cm³/mol. The summed E-state index contributed by atoms with van der Waals surface area (Å²) >= 11 is 4.96. The van der Waals surface area contributed by atoms with E-state index in [9.17, 15) is 0 Å². The quantitative estimate of drug-likeness (QED) is 0.796. The third-order valence-electron chi connectivity index (χ3n) is 0.884. The molecule has 0 aliphatic carbocycles. The second-order valence-electron chi connectivity index (χ2n) is 1.60. The summed E-state index contributed by atoms with van der Waals surface area (Å²) in [5, 5.41) is 1.10. The molecule has 4 heteroatoms. The Morgan fingerprint density at radius 2 is 2.56 bits per heavy atom. The molecule has 2 nitrogen and oxygen atoms in total. The number of nitrogens with zero attached hydrogens (tertiary/aromatic N) is 1. The predicted octanol–water partition coefficient (Wildman–Crippen LogP) is 1.41. The molecule has 0 fully saturated rings. The maximum atomic E-state index is 5.32. The molecule has 0 aromatic carbocycles. The zero-order chi connectivity index (χ0) is 6.69. The van der Waals surface area contributed by atoms with Crippen LogP contribution in [0.2, 0.25) is 0 Å². The Morgan fingerprint density at radius 3 is 3.00 bits per heavy atom. The van der Waals surface area contributed by atoms with E-state index < -0.39 is 0 Å². The highest BCUT2D eigenvalue weighted by molar-refractivity contribution is 9.11. The lowest BCUT2D eigenvalue weighted by atomic mass is 10.5. The van der Waals surface area contributed by atoms with Crippen LogP contribution in [0, 0.1) is 0 Å². The van der Waals surface area contributed by atoms with Gasteiger partial charge in [0, 0.05) is 6.42 Å². The SMILES string of the molecule is NCCc1ncc(Br)s1. The molecule has 0 atom stereocenters. The Labute approximate surface area is 66.2 Å². The second-order valence-corrected chi connectivity index (χ2v) is 4.09. The van der Waals surface area contributed by atoms with Gasteiger partial charge in [-0.05, 0) is 22.5 Å². The second kappa shape index (κ2) is 3.29. The molecule has 0 bridgehead atoms. The number of hydrogen-bond donors (Lipinski definition) is 1. The third kappa shape index (κ3) is 2.04. The van der Waals surface area contributed by atoms with E-state index in [1.165, 1.54) is 0 Å². The average molecular weight is 207 g/mol. The first-order chi connectivity index (χ1) is 4.33. The van der Waals surface area contributed by atoms with Gasteiger partial charge in [0.1, 0.15) is 0 Å². The van der Waals surface area contributed by atoms with E-state index in [0.717, 1.165) is 15.2 Å². The Kier molecular flexibility index (Phi) is 2.63. The lowest BCUT2D eigenvalue weighted by molar-refractivity contribution is 0.953. The summed E-state index contributed by atoms with van der Waals surface area (Å²) in [7, 11) is 0. The van der Waals surface area contributed by atoms with Gasteiger partial charge in [-0.3, -0.25) is 0 Å². The molecule has 1 rings (SSSR count). The molecular formula is C5H7BrN2S. The van der Waals surface area contributed by atoms with E-state index in [1.54, 1.807) is 17.5 Å². The number of rotatable bonds is 2. The molecule has 0 unspecified atom stereocenters. The minimum Gasteiger partial charge on any atom is -0.330 e. The fourth-order valence-corrected chi connectivity index (χ4v) is 1.85. The number of halogens is 1. The topological polar surface area (TPSA) is 38.9 Å². The van der Waals surface area contributed by atoms with Gasteiger partial charge < -0.3 is 5.73 Å². The smallest absolute Gasteiger partial charge is 0.0949 e. The van der Waals surface area contributed by atoms with Gasteiger partial charge in [0.25, 0.3) is 0 Å². The van der Waals surface area contributed by atoms with Crippen LogP contribution in [0.5, 0.6) is 0 Å². The van der Waals surface area contributed by atoms with E-state index >= 15 is 0 Å². The standard InChI is InChI=1S/C5H7BrN2S/c6-4-3-8-5(9-4)1-2-7/h3H,1-2,7H2. The van der Waals surface area contributed by atoms with Crippen molar-refractivity contribution in [3.8, 4) is 0 Å². The van der Waals surface area contributed by atoms with E-state index in [4.69, 9.17) is 5.73 Å². The van der Waals surface area contributed by atoms with Crippen LogP contribution in [-0.2, 0) is 6.42 Å². The highest BCUT2D eigenvalue weighted by Gasteiger charge is 1.95. The van der Waals surface area contributed by atoms with Gasteiger partial charge in [-0.2, -0.15) is 0 Å². The molecule has 0 spiro atoms. The summed E-state index contributed by atoms with van der Waals surface area (Å²) in [5.41, 5.74) is 5.32. The lowest BCUT2D eigenvalue weighted by Gasteiger charge is -1.85. The summed E-state index contributed by atoms with van der Waals surface area (Å²) in [6.45, 7) is 0.681. The van der Waals surface area contributed by atoms with Gasteiger partial charge in [0.05, 0.1) is 15.0 Å². The number of nitrogens with two attached hydrogens (primary N) is 1. The minimum atomic E-state index is 0.681.